The topological polar surface area (TPSA) is 12.5 Å². The van der Waals surface area contributed by atoms with Crippen LogP contribution in [0, 0.1) is 23.2 Å². The monoisotopic (exact) mass is 180 g/mol. The van der Waals surface area contributed by atoms with E-state index in [-0.39, 0.29) is 22.5 Å². The van der Waals surface area contributed by atoms with Crippen molar-refractivity contribution in [1.29, 1.82) is 0 Å². The maximum atomic E-state index is 5.75. The van der Waals surface area contributed by atoms with Gasteiger partial charge in [0.1, 0.15) is 11.7 Å². The lowest BCUT2D eigenvalue weighted by Gasteiger charge is -2.38. The number of hydrogen-bond donors (Lipinski definition) is 0. The summed E-state index contributed by atoms with van der Waals surface area (Å²) in [5.74, 6) is 2.72. The van der Waals surface area contributed by atoms with E-state index >= 15 is 0 Å². The second kappa shape index (κ2) is 2.51. The van der Waals surface area contributed by atoms with Crippen molar-refractivity contribution >= 4 is 0 Å². The van der Waals surface area contributed by atoms with Gasteiger partial charge in [0, 0.05) is 0 Å². The number of rotatable bonds is 0. The Morgan fingerprint density at radius 2 is 1.46 bits per heavy atom. The molecule has 1 rings (SSSR count). The number of ether oxygens (including phenoxy) is 1. The van der Waals surface area contributed by atoms with Gasteiger partial charge in [-0.15, -0.1) is 6.42 Å². The summed E-state index contributed by atoms with van der Waals surface area (Å²) in [6, 6.07) is 0. The Balaban J connectivity index is 3.04. The molecule has 1 heterocycles. The van der Waals surface area contributed by atoms with Gasteiger partial charge in [0.25, 0.3) is 0 Å². The Hall–Kier alpha value is -0.480. The predicted molar refractivity (Wildman–Crippen MR) is 55.3 cm³/mol. The average Bonchev–Trinajstić information content (AvgIpc) is 2.57. The minimum atomic E-state index is -0.144. The molecule has 74 valence electrons. The van der Waals surface area contributed by atoms with Crippen LogP contribution in [-0.4, -0.2) is 11.7 Å². The van der Waals surface area contributed by atoms with E-state index in [1.807, 2.05) is 0 Å². The van der Waals surface area contributed by atoms with Gasteiger partial charge in [0.2, 0.25) is 0 Å². The number of hydrogen-bond acceptors (Lipinski definition) is 1. The third-order valence-electron chi connectivity index (χ3n) is 3.00. The molecule has 0 aromatic carbocycles. The summed E-state index contributed by atoms with van der Waals surface area (Å²) in [6.45, 7) is 13.1. The van der Waals surface area contributed by atoms with Crippen LogP contribution in [0.2, 0.25) is 0 Å². The Bertz CT molecular complexity index is 230. The first-order valence-electron chi connectivity index (χ1n) is 4.81. The summed E-state index contributed by atoms with van der Waals surface area (Å²) in [6.07, 6.45) is 5.42. The molecular formula is C12H20O. The van der Waals surface area contributed by atoms with Crippen LogP contribution in [0.15, 0.2) is 0 Å². The molecule has 1 heteroatoms. The molecule has 1 saturated heterocycles. The fourth-order valence-electron chi connectivity index (χ4n) is 2.57. The van der Waals surface area contributed by atoms with Crippen LogP contribution in [0.5, 0.6) is 0 Å². The van der Waals surface area contributed by atoms with Crippen molar-refractivity contribution in [1.82, 2.24) is 0 Å². The number of epoxide rings is 1. The third kappa shape index (κ3) is 1.28. The second-order valence-corrected chi connectivity index (χ2v) is 5.90. The summed E-state index contributed by atoms with van der Waals surface area (Å²) in [5, 5.41) is 0. The SMILES string of the molecule is C#CC1OC1(C(C)(C)C)C(C)(C)C. The van der Waals surface area contributed by atoms with Crippen LogP contribution in [0.1, 0.15) is 41.5 Å². The molecule has 1 unspecified atom stereocenters. The summed E-state index contributed by atoms with van der Waals surface area (Å²) < 4.78 is 5.75. The molecule has 1 fully saturated rings. The molecule has 0 bridgehead atoms. The molecule has 1 atom stereocenters. The van der Waals surface area contributed by atoms with Gasteiger partial charge in [-0.2, -0.15) is 0 Å². The van der Waals surface area contributed by atoms with E-state index < -0.39 is 0 Å². The van der Waals surface area contributed by atoms with Crippen LogP contribution >= 0.6 is 0 Å². The Morgan fingerprint density at radius 3 is 1.54 bits per heavy atom. The minimum absolute atomic E-state index is 0.00694. The lowest BCUT2D eigenvalue weighted by Crippen LogP contribution is -2.44. The molecule has 13 heavy (non-hydrogen) atoms. The fraction of sp³-hybridized carbons (Fsp3) is 0.833. The fourth-order valence-corrected chi connectivity index (χ4v) is 2.57. The first-order valence-corrected chi connectivity index (χ1v) is 4.81. The lowest BCUT2D eigenvalue weighted by molar-refractivity contribution is 0.0488. The van der Waals surface area contributed by atoms with Crippen molar-refractivity contribution in [2.75, 3.05) is 0 Å². The molecule has 0 radical (unpaired) electrons. The van der Waals surface area contributed by atoms with E-state index in [1.54, 1.807) is 0 Å². The van der Waals surface area contributed by atoms with Gasteiger partial charge >= 0.3 is 0 Å². The Kier molecular flexibility index (Phi) is 2.05. The highest BCUT2D eigenvalue weighted by Gasteiger charge is 2.68. The van der Waals surface area contributed by atoms with E-state index in [0.717, 1.165) is 0 Å². The van der Waals surface area contributed by atoms with Gasteiger partial charge in [-0.3, -0.25) is 0 Å². The third-order valence-corrected chi connectivity index (χ3v) is 3.00. The minimum Gasteiger partial charge on any atom is -0.351 e. The average molecular weight is 180 g/mol. The van der Waals surface area contributed by atoms with Gasteiger partial charge < -0.3 is 4.74 Å². The Morgan fingerprint density at radius 1 is 1.08 bits per heavy atom. The standard InChI is InChI=1S/C12H20O/c1-8-9-12(13-9,10(2,3)4)11(5,6)7/h1,9H,2-7H3. The highest BCUT2D eigenvalue weighted by molar-refractivity contribution is 5.25. The van der Waals surface area contributed by atoms with Crippen molar-refractivity contribution < 1.29 is 4.74 Å². The molecule has 1 nitrogen and oxygen atoms in total. The van der Waals surface area contributed by atoms with Crippen LogP contribution in [0.25, 0.3) is 0 Å². The zero-order valence-corrected chi connectivity index (χ0v) is 9.56. The van der Waals surface area contributed by atoms with E-state index in [4.69, 9.17) is 11.2 Å². The molecule has 0 aliphatic carbocycles. The van der Waals surface area contributed by atoms with E-state index in [0.29, 0.717) is 0 Å². The normalized spacial score (nSPS) is 26.7. The molecular weight excluding hydrogens is 160 g/mol. The van der Waals surface area contributed by atoms with Crippen molar-refractivity contribution in [3.8, 4) is 12.3 Å². The summed E-state index contributed by atoms with van der Waals surface area (Å²) in [7, 11) is 0. The van der Waals surface area contributed by atoms with E-state index in [1.165, 1.54) is 0 Å². The zero-order valence-electron chi connectivity index (χ0n) is 9.56. The molecule has 0 amide bonds. The first-order chi connectivity index (χ1) is 5.67. The van der Waals surface area contributed by atoms with Gasteiger partial charge in [0.15, 0.2) is 0 Å². The molecule has 0 spiro atoms. The van der Waals surface area contributed by atoms with Crippen LogP contribution < -0.4 is 0 Å². The van der Waals surface area contributed by atoms with Crippen LogP contribution in [0.4, 0.5) is 0 Å². The van der Waals surface area contributed by atoms with Crippen LogP contribution in [-0.2, 0) is 4.74 Å². The van der Waals surface area contributed by atoms with Crippen molar-refractivity contribution in [2.45, 2.75) is 53.2 Å². The van der Waals surface area contributed by atoms with E-state index in [2.05, 4.69) is 47.5 Å². The predicted octanol–water partition coefficient (Wildman–Crippen LogP) is 2.85. The lowest BCUT2D eigenvalue weighted by atomic mass is 9.64. The van der Waals surface area contributed by atoms with Crippen molar-refractivity contribution in [2.24, 2.45) is 10.8 Å². The smallest absolute Gasteiger partial charge is 0.148 e. The maximum Gasteiger partial charge on any atom is 0.148 e. The molecule has 0 saturated carbocycles. The van der Waals surface area contributed by atoms with Gasteiger partial charge in [-0.1, -0.05) is 47.5 Å². The van der Waals surface area contributed by atoms with Gasteiger partial charge in [-0.25, -0.2) is 0 Å². The summed E-state index contributed by atoms with van der Waals surface area (Å²) in [4.78, 5) is 0. The molecule has 0 aromatic heterocycles. The molecule has 0 aromatic rings. The Labute approximate surface area is 81.9 Å². The second-order valence-electron chi connectivity index (χ2n) is 5.90. The maximum absolute atomic E-state index is 5.75. The quantitative estimate of drug-likeness (QED) is 0.412. The highest BCUT2D eigenvalue weighted by Crippen LogP contribution is 2.59. The van der Waals surface area contributed by atoms with Crippen molar-refractivity contribution in [3.63, 3.8) is 0 Å². The summed E-state index contributed by atoms with van der Waals surface area (Å²) >= 11 is 0. The van der Waals surface area contributed by atoms with Gasteiger partial charge in [-0.05, 0) is 10.8 Å². The summed E-state index contributed by atoms with van der Waals surface area (Å²) in [5.41, 5.74) is 0.0549. The van der Waals surface area contributed by atoms with Crippen molar-refractivity contribution in [3.05, 3.63) is 0 Å². The van der Waals surface area contributed by atoms with Gasteiger partial charge in [0.05, 0.1) is 0 Å². The molecule has 1 aliphatic rings. The van der Waals surface area contributed by atoms with Crippen LogP contribution in [0.3, 0.4) is 0 Å². The largest absolute Gasteiger partial charge is 0.351 e. The highest BCUT2D eigenvalue weighted by atomic mass is 16.6. The van der Waals surface area contributed by atoms with E-state index in [9.17, 15) is 0 Å². The zero-order chi connectivity index (χ0) is 10.5. The first kappa shape index (κ1) is 10.6. The molecule has 1 aliphatic heterocycles. The molecule has 0 N–H and O–H groups in total. The number of terminal acetylenes is 1.